The van der Waals surface area contributed by atoms with Gasteiger partial charge in [-0.1, -0.05) is 65.9 Å². The number of thiazole rings is 1. The van der Waals surface area contributed by atoms with Crippen molar-refractivity contribution >= 4 is 35.0 Å². The van der Waals surface area contributed by atoms with Gasteiger partial charge in [0.15, 0.2) is 11.4 Å². The van der Waals surface area contributed by atoms with E-state index in [0.29, 0.717) is 32.1 Å². The minimum absolute atomic E-state index is 0.166. The quantitative estimate of drug-likeness (QED) is 0.255. The summed E-state index contributed by atoms with van der Waals surface area (Å²) >= 11 is 1.23. The Hall–Kier alpha value is -4.96. The third-order valence-electron chi connectivity index (χ3n) is 6.62. The van der Waals surface area contributed by atoms with E-state index >= 15 is 0 Å². The fourth-order valence-electron chi connectivity index (χ4n) is 4.72. The molecule has 2 heterocycles. The van der Waals surface area contributed by atoms with Crippen molar-refractivity contribution in [1.29, 1.82) is 0 Å². The first-order chi connectivity index (χ1) is 20.9. The minimum Gasteiger partial charge on any atom is -0.497 e. The molecule has 220 valence electrons. The smallest absolute Gasteiger partial charge is 0.344 e. The van der Waals surface area contributed by atoms with Crippen LogP contribution in [-0.2, 0) is 19.1 Å². The Balaban J connectivity index is 1.65. The summed E-state index contributed by atoms with van der Waals surface area (Å²) in [6, 6.07) is 22.9. The van der Waals surface area contributed by atoms with Crippen LogP contribution in [0, 0.1) is 0 Å². The zero-order chi connectivity index (χ0) is 30.3. The first-order valence-electron chi connectivity index (χ1n) is 13.7. The summed E-state index contributed by atoms with van der Waals surface area (Å²) in [6.45, 7) is 3.73. The first-order valence-corrected chi connectivity index (χ1v) is 14.6. The second kappa shape index (κ2) is 13.3. The fraction of sp³-hybridized carbons (Fsp3) is 0.212. The molecule has 10 heteroatoms. The van der Waals surface area contributed by atoms with Crippen molar-refractivity contribution in [3.63, 3.8) is 0 Å². The van der Waals surface area contributed by atoms with Crippen molar-refractivity contribution in [2.45, 2.75) is 19.9 Å². The van der Waals surface area contributed by atoms with Gasteiger partial charge >= 0.3 is 11.9 Å². The maximum absolute atomic E-state index is 14.0. The Bertz CT molecular complexity index is 1840. The number of fused-ring (bicyclic) bond motifs is 1. The van der Waals surface area contributed by atoms with Crippen molar-refractivity contribution in [3.05, 3.63) is 121 Å². The molecule has 1 aliphatic rings. The molecule has 3 aromatic carbocycles. The number of nitrogens with zero attached hydrogens (tertiary/aromatic N) is 2. The summed E-state index contributed by atoms with van der Waals surface area (Å²) in [5.41, 5.74) is 2.58. The molecule has 0 spiro atoms. The molecule has 5 rings (SSSR count). The fourth-order valence-corrected chi connectivity index (χ4v) is 5.72. The van der Waals surface area contributed by atoms with Gasteiger partial charge in [-0.2, -0.15) is 0 Å². The minimum atomic E-state index is -0.804. The first kappa shape index (κ1) is 29.5. The van der Waals surface area contributed by atoms with Crippen LogP contribution in [0.5, 0.6) is 11.5 Å². The SMILES string of the molecule is CCOC(=O)COc1ccc(/C=c2\sc3n(c2=O)C(c2cccc(OC)c2)C(C(=O)OCC)=C(c2ccccc2)N=3)cc1. The Morgan fingerprint density at radius 1 is 0.930 bits per heavy atom. The average molecular weight is 599 g/mol. The van der Waals surface area contributed by atoms with Crippen molar-refractivity contribution in [1.82, 2.24) is 4.57 Å². The molecule has 0 radical (unpaired) electrons. The number of methoxy groups -OCH3 is 1. The van der Waals surface area contributed by atoms with Gasteiger partial charge in [0, 0.05) is 5.56 Å². The Morgan fingerprint density at radius 3 is 2.37 bits per heavy atom. The van der Waals surface area contributed by atoms with Gasteiger partial charge in [-0.15, -0.1) is 0 Å². The summed E-state index contributed by atoms with van der Waals surface area (Å²) < 4.78 is 23.3. The molecule has 1 aromatic heterocycles. The van der Waals surface area contributed by atoms with E-state index in [1.165, 1.54) is 11.3 Å². The largest absolute Gasteiger partial charge is 0.497 e. The third-order valence-corrected chi connectivity index (χ3v) is 7.61. The number of carbonyl (C=O) groups is 2. The van der Waals surface area contributed by atoms with Crippen LogP contribution < -0.4 is 24.4 Å². The van der Waals surface area contributed by atoms with Crippen LogP contribution in [0.15, 0.2) is 94.2 Å². The van der Waals surface area contributed by atoms with Gasteiger partial charge in [-0.25, -0.2) is 14.6 Å². The molecule has 9 nitrogen and oxygen atoms in total. The zero-order valence-corrected chi connectivity index (χ0v) is 24.8. The van der Waals surface area contributed by atoms with Gasteiger partial charge in [0.2, 0.25) is 0 Å². The van der Waals surface area contributed by atoms with Gasteiger partial charge in [-0.3, -0.25) is 9.36 Å². The van der Waals surface area contributed by atoms with Crippen LogP contribution in [0.25, 0.3) is 11.8 Å². The van der Waals surface area contributed by atoms with E-state index in [9.17, 15) is 14.4 Å². The van der Waals surface area contributed by atoms with Gasteiger partial charge in [-0.05, 0) is 55.3 Å². The third kappa shape index (κ3) is 6.44. The number of aromatic nitrogens is 1. The molecule has 0 aliphatic carbocycles. The molecule has 1 unspecified atom stereocenters. The van der Waals surface area contributed by atoms with Crippen molar-refractivity contribution in [2.75, 3.05) is 26.9 Å². The van der Waals surface area contributed by atoms with E-state index in [2.05, 4.69) is 0 Å². The summed E-state index contributed by atoms with van der Waals surface area (Å²) in [6.07, 6.45) is 1.76. The molecule has 0 N–H and O–H groups in total. The second-order valence-corrected chi connectivity index (χ2v) is 10.4. The Kier molecular flexibility index (Phi) is 9.17. The summed E-state index contributed by atoms with van der Waals surface area (Å²) in [4.78, 5) is 44.5. The lowest BCUT2D eigenvalue weighted by Gasteiger charge is -2.26. The van der Waals surface area contributed by atoms with E-state index in [1.807, 2.05) is 48.5 Å². The molecule has 4 aromatic rings. The highest BCUT2D eigenvalue weighted by Gasteiger charge is 2.35. The van der Waals surface area contributed by atoms with Crippen molar-refractivity contribution in [2.24, 2.45) is 4.99 Å². The van der Waals surface area contributed by atoms with Crippen LogP contribution in [0.1, 0.15) is 36.6 Å². The van der Waals surface area contributed by atoms with Gasteiger partial charge in [0.05, 0.1) is 42.2 Å². The molecule has 0 fully saturated rings. The lowest BCUT2D eigenvalue weighted by atomic mass is 9.93. The van der Waals surface area contributed by atoms with Gasteiger partial charge < -0.3 is 18.9 Å². The topological polar surface area (TPSA) is 105 Å². The van der Waals surface area contributed by atoms with E-state index in [4.69, 9.17) is 23.9 Å². The summed E-state index contributed by atoms with van der Waals surface area (Å²) in [7, 11) is 1.56. The predicted molar refractivity (Wildman–Crippen MR) is 163 cm³/mol. The highest BCUT2D eigenvalue weighted by molar-refractivity contribution is 7.07. The number of ether oxygens (including phenoxy) is 4. The summed E-state index contributed by atoms with van der Waals surface area (Å²) in [5, 5.41) is 0. The molecule has 0 amide bonds. The van der Waals surface area contributed by atoms with Crippen LogP contribution in [0.3, 0.4) is 0 Å². The number of hydrogen-bond donors (Lipinski definition) is 0. The number of esters is 2. The highest BCUT2D eigenvalue weighted by Crippen LogP contribution is 2.36. The Labute approximate surface area is 252 Å². The van der Waals surface area contributed by atoms with E-state index in [-0.39, 0.29) is 31.0 Å². The van der Waals surface area contributed by atoms with Crippen LogP contribution in [-0.4, -0.2) is 43.4 Å². The number of rotatable bonds is 10. The van der Waals surface area contributed by atoms with Crippen molar-refractivity contribution < 1.29 is 28.5 Å². The lowest BCUT2D eigenvalue weighted by Crippen LogP contribution is -2.40. The number of hydrogen-bond acceptors (Lipinski definition) is 9. The molecule has 0 saturated carbocycles. The Morgan fingerprint density at radius 2 is 1.67 bits per heavy atom. The van der Waals surface area contributed by atoms with Crippen molar-refractivity contribution in [3.8, 4) is 11.5 Å². The van der Waals surface area contributed by atoms with Crippen LogP contribution in [0.2, 0.25) is 0 Å². The van der Waals surface area contributed by atoms with E-state index < -0.39 is 18.0 Å². The zero-order valence-electron chi connectivity index (χ0n) is 23.9. The molecule has 0 bridgehead atoms. The second-order valence-electron chi connectivity index (χ2n) is 9.37. The molecule has 43 heavy (non-hydrogen) atoms. The van der Waals surface area contributed by atoms with E-state index in [1.54, 1.807) is 61.9 Å². The average Bonchev–Trinajstić information content (AvgIpc) is 3.34. The monoisotopic (exact) mass is 598 g/mol. The maximum atomic E-state index is 14.0. The predicted octanol–water partition coefficient (Wildman–Crippen LogP) is 3.89. The summed E-state index contributed by atoms with van der Waals surface area (Å²) in [5.74, 6) is 0.0866. The molecule has 1 aliphatic heterocycles. The van der Waals surface area contributed by atoms with Gasteiger partial charge in [0.1, 0.15) is 11.5 Å². The molecular formula is C33H30N2O7S. The van der Waals surface area contributed by atoms with Crippen LogP contribution in [0.4, 0.5) is 0 Å². The van der Waals surface area contributed by atoms with Gasteiger partial charge in [0.25, 0.3) is 5.56 Å². The highest BCUT2D eigenvalue weighted by atomic mass is 32.1. The lowest BCUT2D eigenvalue weighted by molar-refractivity contribution is -0.145. The molecule has 1 atom stereocenters. The standard InChI is InChI=1S/C33H30N2O7S/c1-4-40-27(36)20-42-24-16-14-21(15-17-24)18-26-31(37)35-30(23-12-9-13-25(19-23)39-3)28(32(38)41-5-2)29(34-33(35)43-26)22-10-7-6-8-11-22/h6-19,30H,4-5,20H2,1-3H3/b26-18-. The number of carbonyl (C=O) groups excluding carboxylic acids is 2. The normalized spacial score (nSPS) is 14.5. The van der Waals surface area contributed by atoms with E-state index in [0.717, 1.165) is 11.1 Å². The molecule has 0 saturated heterocycles. The van der Waals surface area contributed by atoms with Crippen LogP contribution >= 0.6 is 11.3 Å². The maximum Gasteiger partial charge on any atom is 0.344 e. The molecular weight excluding hydrogens is 568 g/mol. The number of benzene rings is 3.